The maximum atomic E-state index is 11.0. The van der Waals surface area contributed by atoms with Gasteiger partial charge in [0.25, 0.3) is 0 Å². The predicted molar refractivity (Wildman–Crippen MR) is 55.0 cm³/mol. The van der Waals surface area contributed by atoms with Crippen LogP contribution in [0.15, 0.2) is 0 Å². The van der Waals surface area contributed by atoms with Crippen LogP contribution in [-0.2, 0) is 14.4 Å². The molecule has 0 saturated heterocycles. The number of hydrogen-bond donors (Lipinski definition) is 1. The Kier molecular flexibility index (Phi) is 9.15. The van der Waals surface area contributed by atoms with E-state index in [9.17, 15) is 4.79 Å². The summed E-state index contributed by atoms with van der Waals surface area (Å²) < 4.78 is 4.90. The third-order valence-corrected chi connectivity index (χ3v) is 1.64. The molecule has 15 heavy (non-hydrogen) atoms. The summed E-state index contributed by atoms with van der Waals surface area (Å²) in [6.07, 6.45) is 1.18. The van der Waals surface area contributed by atoms with Gasteiger partial charge in [0.1, 0.15) is 0 Å². The molecule has 0 aromatic carbocycles. The second-order valence-corrected chi connectivity index (χ2v) is 2.84. The minimum Gasteiger partial charge on any atom is -0.450 e. The van der Waals surface area contributed by atoms with Gasteiger partial charge in [0.05, 0.1) is 27.4 Å². The van der Waals surface area contributed by atoms with E-state index < -0.39 is 0 Å². The van der Waals surface area contributed by atoms with Gasteiger partial charge in [0.15, 0.2) is 0 Å². The second-order valence-electron chi connectivity index (χ2n) is 2.84. The van der Waals surface area contributed by atoms with Crippen LogP contribution in [0.4, 0.5) is 4.79 Å². The molecule has 0 aliphatic carbocycles. The molecule has 0 rings (SSSR count). The van der Waals surface area contributed by atoms with Crippen LogP contribution in [0.5, 0.6) is 0 Å². The van der Waals surface area contributed by atoms with Gasteiger partial charge in [-0.1, -0.05) is 12.2 Å². The average molecular weight is 220 g/mol. The minimum absolute atomic E-state index is 0.346. The van der Waals surface area contributed by atoms with Gasteiger partial charge in [-0.25, -0.2) is 4.79 Å². The topological polar surface area (TPSA) is 60.0 Å². The molecular formula is C9H20N2O4. The first-order valence-electron chi connectivity index (χ1n) is 5.01. The van der Waals surface area contributed by atoms with E-state index in [-0.39, 0.29) is 6.09 Å². The van der Waals surface area contributed by atoms with Crippen LogP contribution in [-0.4, -0.2) is 45.2 Å². The number of amides is 1. The number of carbonyl (C=O) groups excluding carboxylic acids is 1. The van der Waals surface area contributed by atoms with Gasteiger partial charge in [-0.3, -0.25) is 9.68 Å². The van der Waals surface area contributed by atoms with E-state index in [2.05, 4.69) is 5.32 Å². The number of rotatable bonds is 8. The highest BCUT2D eigenvalue weighted by Gasteiger charge is 2.03. The lowest BCUT2D eigenvalue weighted by atomic mass is 10.5. The number of hydrogen-bond acceptors (Lipinski definition) is 5. The minimum atomic E-state index is -0.377. The standard InChI is InChI=1S/C9H20N2O4/c1-4-6-10-9(12)15-8-5-7-11(13-2)14-3/h4-8H2,1-3H3,(H,10,12). The molecule has 0 aliphatic heterocycles. The molecule has 0 radical (unpaired) electrons. The number of nitrogens with one attached hydrogen (secondary N) is 1. The highest BCUT2D eigenvalue weighted by atomic mass is 16.9. The third kappa shape index (κ3) is 8.17. The van der Waals surface area contributed by atoms with Crippen LogP contribution in [0.1, 0.15) is 19.8 Å². The first-order chi connectivity index (χ1) is 7.24. The Morgan fingerprint density at radius 1 is 1.33 bits per heavy atom. The van der Waals surface area contributed by atoms with Crippen molar-refractivity contribution >= 4 is 6.09 Å². The van der Waals surface area contributed by atoms with Gasteiger partial charge in [0.2, 0.25) is 0 Å². The molecule has 0 heterocycles. The Labute approximate surface area is 90.4 Å². The van der Waals surface area contributed by atoms with Gasteiger partial charge in [-0.2, -0.15) is 0 Å². The summed E-state index contributed by atoms with van der Waals surface area (Å²) in [4.78, 5) is 20.6. The first kappa shape index (κ1) is 14.2. The predicted octanol–water partition coefficient (Wildman–Crippen LogP) is 0.937. The van der Waals surface area contributed by atoms with Crippen molar-refractivity contribution in [3.05, 3.63) is 0 Å². The Bertz CT molecular complexity index is 162. The number of hydroxylamine groups is 2. The lowest BCUT2D eigenvalue weighted by Gasteiger charge is -2.15. The third-order valence-electron chi connectivity index (χ3n) is 1.64. The Morgan fingerprint density at radius 3 is 2.53 bits per heavy atom. The van der Waals surface area contributed by atoms with E-state index in [1.54, 1.807) is 0 Å². The molecule has 0 bridgehead atoms. The summed E-state index contributed by atoms with van der Waals surface area (Å²) in [5.41, 5.74) is 0. The van der Waals surface area contributed by atoms with Crippen LogP contribution in [0.2, 0.25) is 0 Å². The average Bonchev–Trinajstić information content (AvgIpc) is 2.26. The zero-order valence-electron chi connectivity index (χ0n) is 9.62. The SMILES string of the molecule is CCCNC(=O)OCCCN(OC)OC. The molecule has 0 unspecified atom stereocenters. The second kappa shape index (κ2) is 9.70. The summed E-state index contributed by atoms with van der Waals surface area (Å²) in [5, 5.41) is 3.92. The summed E-state index contributed by atoms with van der Waals surface area (Å²) in [7, 11) is 3.02. The molecule has 6 nitrogen and oxygen atoms in total. The van der Waals surface area contributed by atoms with E-state index in [1.165, 1.54) is 19.4 Å². The largest absolute Gasteiger partial charge is 0.450 e. The van der Waals surface area contributed by atoms with Crippen molar-refractivity contribution in [3.8, 4) is 0 Å². The van der Waals surface area contributed by atoms with Crippen LogP contribution in [0.3, 0.4) is 0 Å². The van der Waals surface area contributed by atoms with Crippen molar-refractivity contribution in [1.29, 1.82) is 0 Å². The van der Waals surface area contributed by atoms with E-state index in [0.29, 0.717) is 26.1 Å². The van der Waals surface area contributed by atoms with Crippen molar-refractivity contribution in [1.82, 2.24) is 10.5 Å². The number of nitrogens with zero attached hydrogens (tertiary/aromatic N) is 1. The molecule has 90 valence electrons. The molecule has 0 aromatic rings. The van der Waals surface area contributed by atoms with Crippen LogP contribution < -0.4 is 5.32 Å². The zero-order valence-corrected chi connectivity index (χ0v) is 9.62. The Morgan fingerprint density at radius 2 is 2.00 bits per heavy atom. The molecule has 0 aliphatic rings. The smallest absolute Gasteiger partial charge is 0.407 e. The van der Waals surface area contributed by atoms with Gasteiger partial charge >= 0.3 is 6.09 Å². The number of carbonyl (C=O) groups is 1. The van der Waals surface area contributed by atoms with Gasteiger partial charge < -0.3 is 10.1 Å². The van der Waals surface area contributed by atoms with E-state index >= 15 is 0 Å². The molecule has 0 spiro atoms. The summed E-state index contributed by atoms with van der Waals surface area (Å²) in [6, 6.07) is 0. The summed E-state index contributed by atoms with van der Waals surface area (Å²) in [5.74, 6) is 0. The first-order valence-corrected chi connectivity index (χ1v) is 5.01. The fraction of sp³-hybridized carbons (Fsp3) is 0.889. The highest BCUT2D eigenvalue weighted by Crippen LogP contribution is 1.92. The molecule has 6 heteroatoms. The van der Waals surface area contributed by atoms with Crippen molar-refractivity contribution in [2.45, 2.75) is 19.8 Å². The van der Waals surface area contributed by atoms with Crippen molar-refractivity contribution < 1.29 is 19.2 Å². The highest BCUT2D eigenvalue weighted by molar-refractivity contribution is 5.66. The fourth-order valence-electron chi connectivity index (χ4n) is 0.894. The van der Waals surface area contributed by atoms with Crippen molar-refractivity contribution in [2.24, 2.45) is 0 Å². The van der Waals surface area contributed by atoms with E-state index in [0.717, 1.165) is 6.42 Å². The quantitative estimate of drug-likeness (QED) is 0.487. The van der Waals surface area contributed by atoms with Gasteiger partial charge in [-0.05, 0) is 12.8 Å². The molecular weight excluding hydrogens is 200 g/mol. The maximum Gasteiger partial charge on any atom is 0.407 e. The van der Waals surface area contributed by atoms with E-state index in [4.69, 9.17) is 14.4 Å². The molecule has 0 saturated carbocycles. The number of ether oxygens (including phenoxy) is 1. The molecule has 1 N–H and O–H groups in total. The maximum absolute atomic E-state index is 11.0. The number of alkyl carbamates (subject to hydrolysis) is 1. The van der Waals surface area contributed by atoms with Crippen LogP contribution in [0.25, 0.3) is 0 Å². The molecule has 0 fully saturated rings. The monoisotopic (exact) mass is 220 g/mol. The van der Waals surface area contributed by atoms with Gasteiger partial charge in [0, 0.05) is 6.54 Å². The van der Waals surface area contributed by atoms with E-state index in [1.807, 2.05) is 6.92 Å². The Hall–Kier alpha value is -0.850. The Balaban J connectivity index is 3.33. The zero-order chi connectivity index (χ0) is 11.5. The lowest BCUT2D eigenvalue weighted by molar-refractivity contribution is -0.342. The lowest BCUT2D eigenvalue weighted by Crippen LogP contribution is -2.27. The molecule has 0 atom stereocenters. The normalized spacial score (nSPS) is 10.4. The molecule has 0 aromatic heterocycles. The van der Waals surface area contributed by atoms with Gasteiger partial charge in [-0.15, -0.1) is 0 Å². The molecule has 1 amide bonds. The van der Waals surface area contributed by atoms with Crippen LogP contribution >= 0.6 is 0 Å². The summed E-state index contributed by atoms with van der Waals surface area (Å²) >= 11 is 0. The van der Waals surface area contributed by atoms with Crippen molar-refractivity contribution in [2.75, 3.05) is 33.9 Å². The van der Waals surface area contributed by atoms with Crippen molar-refractivity contribution in [3.63, 3.8) is 0 Å². The fourth-order valence-corrected chi connectivity index (χ4v) is 0.894. The van der Waals surface area contributed by atoms with Crippen LogP contribution in [0, 0.1) is 0 Å². The summed E-state index contributed by atoms with van der Waals surface area (Å²) in [6.45, 7) is 3.52.